The molecule has 0 saturated carbocycles. The molecule has 1 rings (SSSR count). The van der Waals surface area contributed by atoms with Crippen LogP contribution in [0.4, 0.5) is 0 Å². The summed E-state index contributed by atoms with van der Waals surface area (Å²) in [5.74, 6) is 1.18. The minimum absolute atomic E-state index is 0.582. The summed E-state index contributed by atoms with van der Waals surface area (Å²) in [6.45, 7) is 9.59. The van der Waals surface area contributed by atoms with Gasteiger partial charge in [0.2, 0.25) is 0 Å². The highest BCUT2D eigenvalue weighted by Crippen LogP contribution is 2.26. The third kappa shape index (κ3) is 2.36. The molecule has 1 aromatic carbocycles. The highest BCUT2D eigenvalue weighted by molar-refractivity contribution is 5.36. The van der Waals surface area contributed by atoms with Crippen molar-refractivity contribution in [2.24, 2.45) is 5.73 Å². The summed E-state index contributed by atoms with van der Waals surface area (Å²) in [5.41, 5.74) is 9.78. The molecule has 1 aromatic rings. The lowest BCUT2D eigenvalue weighted by Crippen LogP contribution is -2.03. The first-order chi connectivity index (χ1) is 6.56. The molecule has 0 heterocycles. The highest BCUT2D eigenvalue weighted by atomic mass is 14.5. The standard InChI is InChI=1S/C13H21N/c1-9(2)12-6-5-11(8-14)7-13(12)10(3)4/h5-7,9-10H,8,14H2,1-4H3. The Morgan fingerprint density at radius 2 is 1.57 bits per heavy atom. The molecule has 0 radical (unpaired) electrons. The van der Waals surface area contributed by atoms with Crippen molar-refractivity contribution >= 4 is 0 Å². The van der Waals surface area contributed by atoms with Crippen LogP contribution in [0.15, 0.2) is 18.2 Å². The Labute approximate surface area is 87.3 Å². The molecule has 1 nitrogen and oxygen atoms in total. The number of nitrogens with two attached hydrogens (primary N) is 1. The maximum Gasteiger partial charge on any atom is 0.0178 e. The lowest BCUT2D eigenvalue weighted by atomic mass is 9.89. The van der Waals surface area contributed by atoms with E-state index in [2.05, 4.69) is 45.9 Å². The third-order valence-electron chi connectivity index (χ3n) is 2.63. The van der Waals surface area contributed by atoms with Crippen molar-refractivity contribution in [3.05, 3.63) is 34.9 Å². The second-order valence-electron chi connectivity index (χ2n) is 4.48. The van der Waals surface area contributed by atoms with E-state index in [4.69, 9.17) is 5.73 Å². The maximum atomic E-state index is 5.65. The predicted octanol–water partition coefficient (Wildman–Crippen LogP) is 3.39. The summed E-state index contributed by atoms with van der Waals surface area (Å²) in [7, 11) is 0. The summed E-state index contributed by atoms with van der Waals surface area (Å²) in [6.07, 6.45) is 0. The maximum absolute atomic E-state index is 5.65. The van der Waals surface area contributed by atoms with Gasteiger partial charge in [0.1, 0.15) is 0 Å². The lowest BCUT2D eigenvalue weighted by Gasteiger charge is -2.16. The van der Waals surface area contributed by atoms with Gasteiger partial charge in [-0.05, 0) is 28.5 Å². The van der Waals surface area contributed by atoms with Crippen LogP contribution in [0.2, 0.25) is 0 Å². The Balaban J connectivity index is 3.17. The van der Waals surface area contributed by atoms with Crippen LogP contribution in [-0.4, -0.2) is 0 Å². The molecule has 0 fully saturated rings. The van der Waals surface area contributed by atoms with E-state index in [1.807, 2.05) is 0 Å². The average Bonchev–Trinajstić information content (AvgIpc) is 2.16. The van der Waals surface area contributed by atoms with Gasteiger partial charge in [0, 0.05) is 6.54 Å². The molecule has 0 bridgehead atoms. The van der Waals surface area contributed by atoms with E-state index in [1.54, 1.807) is 0 Å². The number of hydrogen-bond acceptors (Lipinski definition) is 1. The quantitative estimate of drug-likeness (QED) is 0.778. The molecule has 2 N–H and O–H groups in total. The zero-order valence-electron chi connectivity index (χ0n) is 9.67. The largest absolute Gasteiger partial charge is 0.326 e. The van der Waals surface area contributed by atoms with Crippen LogP contribution in [-0.2, 0) is 6.54 Å². The van der Waals surface area contributed by atoms with Crippen molar-refractivity contribution < 1.29 is 0 Å². The van der Waals surface area contributed by atoms with Gasteiger partial charge in [0.25, 0.3) is 0 Å². The zero-order chi connectivity index (χ0) is 10.7. The monoisotopic (exact) mass is 191 g/mol. The third-order valence-corrected chi connectivity index (χ3v) is 2.63. The summed E-state index contributed by atoms with van der Waals surface area (Å²) in [4.78, 5) is 0. The molecule has 1 heteroatoms. The van der Waals surface area contributed by atoms with Crippen LogP contribution in [0, 0.1) is 0 Å². The van der Waals surface area contributed by atoms with Gasteiger partial charge in [-0.25, -0.2) is 0 Å². The molecule has 0 aliphatic heterocycles. The number of benzene rings is 1. The van der Waals surface area contributed by atoms with Gasteiger partial charge in [-0.2, -0.15) is 0 Å². The van der Waals surface area contributed by atoms with Crippen molar-refractivity contribution in [3.8, 4) is 0 Å². The fraction of sp³-hybridized carbons (Fsp3) is 0.538. The van der Waals surface area contributed by atoms with Crippen LogP contribution in [0.3, 0.4) is 0 Å². The van der Waals surface area contributed by atoms with E-state index in [0.717, 1.165) is 0 Å². The molecular weight excluding hydrogens is 170 g/mol. The smallest absolute Gasteiger partial charge is 0.0178 e. The molecule has 0 saturated heterocycles. The van der Waals surface area contributed by atoms with Gasteiger partial charge < -0.3 is 5.73 Å². The molecule has 0 atom stereocenters. The summed E-state index contributed by atoms with van der Waals surface area (Å²) in [5, 5.41) is 0. The van der Waals surface area contributed by atoms with Crippen molar-refractivity contribution in [2.75, 3.05) is 0 Å². The van der Waals surface area contributed by atoms with Crippen LogP contribution in [0.1, 0.15) is 56.2 Å². The molecule has 0 aliphatic carbocycles. The van der Waals surface area contributed by atoms with E-state index >= 15 is 0 Å². The predicted molar refractivity (Wildman–Crippen MR) is 62.5 cm³/mol. The van der Waals surface area contributed by atoms with E-state index in [9.17, 15) is 0 Å². The van der Waals surface area contributed by atoms with Gasteiger partial charge in [-0.1, -0.05) is 45.9 Å². The minimum atomic E-state index is 0.582. The summed E-state index contributed by atoms with van der Waals surface area (Å²) < 4.78 is 0. The number of hydrogen-bond donors (Lipinski definition) is 1. The molecule has 0 unspecified atom stereocenters. The first-order valence-electron chi connectivity index (χ1n) is 5.39. The highest BCUT2D eigenvalue weighted by Gasteiger charge is 2.09. The van der Waals surface area contributed by atoms with Crippen molar-refractivity contribution in [1.29, 1.82) is 0 Å². The Hall–Kier alpha value is -0.820. The summed E-state index contributed by atoms with van der Waals surface area (Å²) >= 11 is 0. The van der Waals surface area contributed by atoms with Crippen molar-refractivity contribution in [2.45, 2.75) is 46.1 Å². The molecule has 78 valence electrons. The second kappa shape index (κ2) is 4.61. The normalized spacial score (nSPS) is 11.4. The minimum Gasteiger partial charge on any atom is -0.326 e. The fourth-order valence-corrected chi connectivity index (χ4v) is 1.78. The average molecular weight is 191 g/mol. The second-order valence-corrected chi connectivity index (χ2v) is 4.48. The van der Waals surface area contributed by atoms with Crippen LogP contribution in [0.5, 0.6) is 0 Å². The SMILES string of the molecule is CC(C)c1ccc(CN)cc1C(C)C. The lowest BCUT2D eigenvalue weighted by molar-refractivity contribution is 0.786. The fourth-order valence-electron chi connectivity index (χ4n) is 1.78. The van der Waals surface area contributed by atoms with Crippen LogP contribution >= 0.6 is 0 Å². The molecule has 0 spiro atoms. The van der Waals surface area contributed by atoms with Crippen LogP contribution in [0.25, 0.3) is 0 Å². The topological polar surface area (TPSA) is 26.0 Å². The first kappa shape index (κ1) is 11.3. The zero-order valence-corrected chi connectivity index (χ0v) is 9.67. The Bertz CT molecular complexity index is 300. The summed E-state index contributed by atoms with van der Waals surface area (Å²) in [6, 6.07) is 6.61. The van der Waals surface area contributed by atoms with E-state index in [-0.39, 0.29) is 0 Å². The Morgan fingerprint density at radius 3 is 2.00 bits per heavy atom. The van der Waals surface area contributed by atoms with Crippen molar-refractivity contribution in [3.63, 3.8) is 0 Å². The van der Waals surface area contributed by atoms with Crippen LogP contribution < -0.4 is 5.73 Å². The van der Waals surface area contributed by atoms with Crippen molar-refractivity contribution in [1.82, 2.24) is 0 Å². The molecule has 14 heavy (non-hydrogen) atoms. The number of rotatable bonds is 3. The van der Waals surface area contributed by atoms with Gasteiger partial charge in [-0.3, -0.25) is 0 Å². The molecule has 0 aromatic heterocycles. The molecular formula is C13H21N. The van der Waals surface area contributed by atoms with E-state index in [0.29, 0.717) is 18.4 Å². The van der Waals surface area contributed by atoms with Gasteiger partial charge >= 0.3 is 0 Å². The molecule has 0 aliphatic rings. The Morgan fingerprint density at radius 1 is 1.00 bits per heavy atom. The van der Waals surface area contributed by atoms with Gasteiger partial charge in [0.15, 0.2) is 0 Å². The molecule has 0 amide bonds. The first-order valence-corrected chi connectivity index (χ1v) is 5.39. The van der Waals surface area contributed by atoms with E-state index < -0.39 is 0 Å². The van der Waals surface area contributed by atoms with Gasteiger partial charge in [0.05, 0.1) is 0 Å². The van der Waals surface area contributed by atoms with Gasteiger partial charge in [-0.15, -0.1) is 0 Å². The Kier molecular flexibility index (Phi) is 3.70. The van der Waals surface area contributed by atoms with E-state index in [1.165, 1.54) is 16.7 Å².